The minimum absolute atomic E-state index is 0.800. The van der Waals surface area contributed by atoms with Gasteiger partial charge in [0.05, 0.1) is 71.9 Å². The second-order valence-electron chi connectivity index (χ2n) is 30.9. The number of carboxylic acids is 1. The standard InChI is InChI=1S/C69H113N5O50/c1-17(82)70-33-24(109-22(6)87)7-69(68(105)106,124-56(33)38(89)23(88)8-75)108-16-32-42(93)48(99)51(102)64(117-32)119-54-29(13-80)115-63(37(47(54)98)74-21(5)86)123-59-50(101)41(92)27(11-78)113-67(59)121-57-43(94)31(15-107-66-58(49(100)40(91)26(10-77)112-66)122-61-35(72-19(3)84)44(95)39(90)25(9-76)111-61)116-65(52(57)103)120-55-30(14-81)114-62(36(46(55)97)73-20(4)85)118-53-28(12-79)110-60(104)34(45(53)96)71-18(2)83/h23-67,75-81,88-104H,7-16H2,1-6H3,(H,70,82)(H,71,83)(H,72,84)(H,73,85)(H,74,86)(H,105,106)/t23-,24+,25-,26-,27-,28-,29-,30-,31-,32-,33-,34-,35-,36-,37-,38-,39-,40-,41-,42+,43-,44-,45-,46-,47-,48+,49+,50+,51-,52+,53-,54-,55-,56-,57+,58+,59+,60?,61+,62+,63+,64+,65+,66+,67-,69-/m1/s1. The number of aliphatic hydroxyl groups is 24. The van der Waals surface area contributed by atoms with Gasteiger partial charge in [0, 0.05) is 41.5 Å². The molecular formula is C69H113N5O50. The summed E-state index contributed by atoms with van der Waals surface area (Å²) in [5.41, 5.74) is 0. The summed E-state index contributed by atoms with van der Waals surface area (Å²) in [5, 5.41) is 292. The number of esters is 1. The van der Waals surface area contributed by atoms with E-state index in [0.717, 1.165) is 41.5 Å². The number of carboxylic acid groups (broad SMARTS) is 1. The average Bonchev–Trinajstić information content (AvgIpc) is 0.764. The van der Waals surface area contributed by atoms with E-state index in [9.17, 15) is 161 Å². The van der Waals surface area contributed by atoms with Gasteiger partial charge >= 0.3 is 11.9 Å². The van der Waals surface area contributed by atoms with Crippen molar-refractivity contribution in [1.29, 1.82) is 0 Å². The number of carbonyl (C=O) groups is 7. The summed E-state index contributed by atoms with van der Waals surface area (Å²) in [6.45, 7) is -4.86. The first kappa shape index (κ1) is 102. The molecule has 9 heterocycles. The van der Waals surface area contributed by atoms with Gasteiger partial charge < -0.3 is 240 Å². The Morgan fingerprint density at radius 2 is 0.694 bits per heavy atom. The third-order valence-corrected chi connectivity index (χ3v) is 22.0. The normalized spacial score (nSPS) is 45.7. The number of hydrogen-bond acceptors (Lipinski definition) is 49. The number of hydrogen-bond donors (Lipinski definition) is 30. The Balaban J connectivity index is 1.03. The lowest BCUT2D eigenvalue weighted by molar-refractivity contribution is -0.399. The zero-order valence-electron chi connectivity index (χ0n) is 66.9. The molecule has 0 aromatic heterocycles. The van der Waals surface area contributed by atoms with E-state index in [1.54, 1.807) is 0 Å². The van der Waals surface area contributed by atoms with Crippen LogP contribution in [0.15, 0.2) is 0 Å². The topological polar surface area (TPSA) is 852 Å². The SMILES string of the molecule is CC(=O)N[C@H]1[C@H](O[C@H]2[C@H](O)[C@@H](NC(C)=O)C(O)O[C@@H]2CO)O[C@H](CO)[C@@H](O[C@@H]2O[C@H](CO[C@H]3O[C@H](CO)[C@@H](O)[C@H](O)[C@@H]3O[C@@H]3O[C@H](CO)[C@@H](O)[C@H](O)[C@H]3NC(C)=O)[C@@H](O)[C@H](O[C@H]3O[C@H](CO)[C@@H](O)[C@H](O)[C@@H]3O[C@@H]3O[C@H](CO)[C@@H](O[C@@H]4O[C@H](CO[C@]5(C(=O)O)C[C@H](OC(C)=O)[C@@H](NC(C)=O)[C@H]([C@H](O)[C@H](O)CO)O5)[C@H](O)[C@H](O)[C@H]4O)[C@H](O)[C@H]3NC(C)=O)[C@@H]2O)[C@@H]1O. The molecule has 30 N–H and O–H groups in total. The molecule has 714 valence electrons. The van der Waals surface area contributed by atoms with Gasteiger partial charge in [-0.3, -0.25) is 28.8 Å². The molecule has 0 spiro atoms. The third-order valence-electron chi connectivity index (χ3n) is 22.0. The molecular weight excluding hydrogens is 1700 g/mol. The molecule has 55 nitrogen and oxygen atoms in total. The summed E-state index contributed by atoms with van der Waals surface area (Å²) in [4.78, 5) is 88.9. The Morgan fingerprint density at radius 3 is 1.14 bits per heavy atom. The Morgan fingerprint density at radius 1 is 0.347 bits per heavy atom. The highest BCUT2D eigenvalue weighted by molar-refractivity contribution is 5.77. The lowest BCUT2D eigenvalue weighted by Gasteiger charge is -2.51. The first-order valence-electron chi connectivity index (χ1n) is 39.1. The van der Waals surface area contributed by atoms with E-state index >= 15 is 0 Å². The van der Waals surface area contributed by atoms with Crippen molar-refractivity contribution in [2.75, 3.05) is 59.5 Å². The van der Waals surface area contributed by atoms with Crippen LogP contribution in [0, 0.1) is 0 Å². The highest BCUT2D eigenvalue weighted by Crippen LogP contribution is 2.42. The number of aliphatic carboxylic acids is 1. The fourth-order valence-electron chi connectivity index (χ4n) is 15.8. The molecule has 9 saturated heterocycles. The predicted octanol–water partition coefficient (Wildman–Crippen LogP) is -20.1. The molecule has 0 radical (unpaired) electrons. The molecule has 0 aromatic carbocycles. The van der Waals surface area contributed by atoms with Crippen LogP contribution in [0.2, 0.25) is 0 Å². The van der Waals surface area contributed by atoms with Crippen molar-refractivity contribution in [3.05, 3.63) is 0 Å². The Hall–Kier alpha value is -5.35. The predicted molar refractivity (Wildman–Crippen MR) is 382 cm³/mol. The molecule has 124 heavy (non-hydrogen) atoms. The summed E-state index contributed by atoms with van der Waals surface area (Å²) < 4.78 is 106. The Labute approximate surface area is 701 Å². The van der Waals surface area contributed by atoms with Crippen LogP contribution >= 0.6 is 0 Å². The zero-order valence-corrected chi connectivity index (χ0v) is 66.9. The van der Waals surface area contributed by atoms with Gasteiger partial charge in [-0.1, -0.05) is 0 Å². The average molecular weight is 1810 g/mol. The Bertz CT molecular complexity index is 3470. The number of amides is 5. The molecule has 0 bridgehead atoms. The quantitative estimate of drug-likeness (QED) is 0.0266. The first-order valence-corrected chi connectivity index (χ1v) is 39.1. The summed E-state index contributed by atoms with van der Waals surface area (Å²) in [6.07, 6.45) is -87.7. The second-order valence-corrected chi connectivity index (χ2v) is 30.9. The van der Waals surface area contributed by atoms with E-state index in [2.05, 4.69) is 26.6 Å². The molecule has 9 aliphatic rings. The summed E-state index contributed by atoms with van der Waals surface area (Å²) in [6, 6.07) is -9.15. The molecule has 55 heteroatoms. The summed E-state index contributed by atoms with van der Waals surface area (Å²) in [5.74, 6) is -10.8. The van der Waals surface area contributed by atoms with Crippen LogP contribution in [0.1, 0.15) is 48.0 Å². The van der Waals surface area contributed by atoms with Gasteiger partial charge in [-0.05, 0) is 0 Å². The van der Waals surface area contributed by atoms with Crippen LogP contribution in [0.3, 0.4) is 0 Å². The van der Waals surface area contributed by atoms with Gasteiger partial charge in [0.15, 0.2) is 50.3 Å². The molecule has 5 amide bonds. The monoisotopic (exact) mass is 1810 g/mol. The summed E-state index contributed by atoms with van der Waals surface area (Å²) >= 11 is 0. The van der Waals surface area contributed by atoms with E-state index in [1.165, 1.54) is 0 Å². The first-order chi connectivity index (χ1) is 58.4. The lowest BCUT2D eigenvalue weighted by Crippen LogP contribution is -2.71. The summed E-state index contributed by atoms with van der Waals surface area (Å²) in [7, 11) is 0. The molecule has 9 fully saturated rings. The number of ether oxygens (including phenoxy) is 18. The van der Waals surface area contributed by atoms with Gasteiger partial charge in [0.1, 0.15) is 219 Å². The number of aliphatic hydroxyl groups excluding tert-OH is 24. The molecule has 9 aliphatic heterocycles. The van der Waals surface area contributed by atoms with Gasteiger partial charge in [0.2, 0.25) is 29.5 Å². The van der Waals surface area contributed by atoms with Gasteiger partial charge in [-0.2, -0.15) is 0 Å². The molecule has 9 rings (SSSR count). The van der Waals surface area contributed by atoms with Crippen molar-refractivity contribution >= 4 is 41.5 Å². The molecule has 46 atom stereocenters. The van der Waals surface area contributed by atoms with Crippen molar-refractivity contribution in [2.24, 2.45) is 0 Å². The van der Waals surface area contributed by atoms with Crippen molar-refractivity contribution in [1.82, 2.24) is 26.6 Å². The van der Waals surface area contributed by atoms with Gasteiger partial charge in [0.25, 0.3) is 5.79 Å². The maximum absolute atomic E-state index is 13.3. The van der Waals surface area contributed by atoms with Gasteiger partial charge in [-0.15, -0.1) is 0 Å². The fourth-order valence-corrected chi connectivity index (χ4v) is 15.8. The van der Waals surface area contributed by atoms with E-state index < -0.39 is 389 Å². The van der Waals surface area contributed by atoms with Crippen LogP contribution in [0.5, 0.6) is 0 Å². The molecule has 0 saturated carbocycles. The van der Waals surface area contributed by atoms with E-state index in [1.807, 2.05) is 0 Å². The minimum atomic E-state index is -3.13. The van der Waals surface area contributed by atoms with Crippen molar-refractivity contribution in [3.8, 4) is 0 Å². The minimum Gasteiger partial charge on any atom is -0.477 e. The molecule has 0 aromatic rings. The van der Waals surface area contributed by atoms with E-state index in [0.29, 0.717) is 0 Å². The van der Waals surface area contributed by atoms with Crippen LogP contribution in [0.25, 0.3) is 0 Å². The smallest absolute Gasteiger partial charge is 0.364 e. The highest BCUT2D eigenvalue weighted by atomic mass is 16.8. The molecule has 0 aliphatic carbocycles. The van der Waals surface area contributed by atoms with Crippen LogP contribution in [-0.4, -0.2) is 510 Å². The van der Waals surface area contributed by atoms with Crippen LogP contribution < -0.4 is 26.6 Å². The largest absolute Gasteiger partial charge is 0.477 e. The van der Waals surface area contributed by atoms with Crippen molar-refractivity contribution in [2.45, 2.75) is 330 Å². The van der Waals surface area contributed by atoms with Crippen molar-refractivity contribution < 1.29 is 246 Å². The maximum atomic E-state index is 13.3. The lowest BCUT2D eigenvalue weighted by atomic mass is 9.88. The zero-order chi connectivity index (χ0) is 91.9. The van der Waals surface area contributed by atoms with E-state index in [4.69, 9.17) is 85.3 Å². The van der Waals surface area contributed by atoms with Crippen LogP contribution in [-0.2, 0) is 119 Å². The number of carbonyl (C=O) groups excluding carboxylic acids is 6. The van der Waals surface area contributed by atoms with Crippen molar-refractivity contribution in [3.63, 3.8) is 0 Å². The fraction of sp³-hybridized carbons (Fsp3) is 0.899. The third kappa shape index (κ3) is 23.1. The number of nitrogens with one attached hydrogen (secondary N) is 5. The molecule has 1 unspecified atom stereocenters. The number of rotatable bonds is 34. The maximum Gasteiger partial charge on any atom is 0.364 e. The van der Waals surface area contributed by atoms with Gasteiger partial charge in [-0.25, -0.2) is 4.79 Å². The van der Waals surface area contributed by atoms with E-state index in [-0.39, 0.29) is 0 Å². The highest BCUT2D eigenvalue weighted by Gasteiger charge is 2.63. The Kier molecular flexibility index (Phi) is 36.8. The van der Waals surface area contributed by atoms with Crippen LogP contribution in [0.4, 0.5) is 0 Å². The second kappa shape index (κ2) is 44.5.